The summed E-state index contributed by atoms with van der Waals surface area (Å²) in [6.45, 7) is 9.83. The Morgan fingerprint density at radius 1 is 1.24 bits per heavy atom. The lowest BCUT2D eigenvalue weighted by Crippen LogP contribution is -2.28. The Balaban J connectivity index is 1.76. The van der Waals surface area contributed by atoms with Gasteiger partial charge in [0.05, 0.1) is 17.9 Å². The molecule has 0 unspecified atom stereocenters. The molecule has 2 heterocycles. The summed E-state index contributed by atoms with van der Waals surface area (Å²) in [5.41, 5.74) is 5.13. The third-order valence-corrected chi connectivity index (χ3v) is 6.84. The van der Waals surface area contributed by atoms with Gasteiger partial charge in [0, 0.05) is 29.2 Å². The Morgan fingerprint density at radius 2 is 2.00 bits per heavy atom. The van der Waals surface area contributed by atoms with Gasteiger partial charge in [0.1, 0.15) is 5.00 Å². The maximum atomic E-state index is 12.7. The number of nitrogens with one attached hydrogen (secondary N) is 2. The molecule has 0 saturated carbocycles. The smallest absolute Gasteiger partial charge is 0.341 e. The normalized spacial score (nSPS) is 13.5. The molecule has 1 aliphatic carbocycles. The quantitative estimate of drug-likeness (QED) is 0.396. The van der Waals surface area contributed by atoms with Crippen molar-refractivity contribution in [3.63, 3.8) is 0 Å². The third kappa shape index (κ3) is 4.80. The fourth-order valence-corrected chi connectivity index (χ4v) is 5.38. The van der Waals surface area contributed by atoms with Gasteiger partial charge in [-0.15, -0.1) is 11.3 Å². The fourth-order valence-electron chi connectivity index (χ4n) is 3.86. The van der Waals surface area contributed by atoms with E-state index in [0.717, 1.165) is 59.7 Å². The summed E-state index contributed by atoms with van der Waals surface area (Å²) in [6, 6.07) is 0. The predicted molar refractivity (Wildman–Crippen MR) is 122 cm³/mol. The number of carbonyl (C=O) groups excluding carboxylic acids is 1. The monoisotopic (exact) mass is 434 g/mol. The summed E-state index contributed by atoms with van der Waals surface area (Å²) in [5, 5.41) is 12.4. The Bertz CT molecular complexity index is 901. The Morgan fingerprint density at radius 3 is 2.69 bits per heavy atom. The highest BCUT2D eigenvalue weighted by Crippen LogP contribution is 2.38. The number of esters is 1. The molecular weight excluding hydrogens is 404 g/mol. The molecule has 8 heteroatoms. The molecule has 2 N–H and O–H groups in total. The van der Waals surface area contributed by atoms with Gasteiger partial charge in [-0.1, -0.05) is 6.42 Å². The van der Waals surface area contributed by atoms with Crippen molar-refractivity contribution < 1.29 is 9.53 Å². The molecule has 6 nitrogen and oxygen atoms in total. The first-order valence-electron chi connectivity index (χ1n) is 10.4. The Labute approximate surface area is 182 Å². The molecule has 158 valence electrons. The van der Waals surface area contributed by atoms with Crippen LogP contribution in [0.25, 0.3) is 0 Å². The zero-order valence-corrected chi connectivity index (χ0v) is 19.3. The second-order valence-electron chi connectivity index (χ2n) is 7.26. The first-order chi connectivity index (χ1) is 14.0. The van der Waals surface area contributed by atoms with Crippen LogP contribution in [0.4, 0.5) is 5.00 Å². The number of thiocarbonyl (C=S) groups is 1. The molecule has 0 radical (unpaired) electrons. The molecule has 2 aromatic rings. The topological polar surface area (TPSA) is 68.2 Å². The van der Waals surface area contributed by atoms with Gasteiger partial charge in [0.2, 0.25) is 0 Å². The van der Waals surface area contributed by atoms with E-state index in [2.05, 4.69) is 29.6 Å². The van der Waals surface area contributed by atoms with E-state index >= 15 is 0 Å². The Hall–Kier alpha value is -1.93. The summed E-state index contributed by atoms with van der Waals surface area (Å²) in [6.07, 6.45) is 5.42. The molecule has 1 aliphatic rings. The highest BCUT2D eigenvalue weighted by Gasteiger charge is 2.26. The van der Waals surface area contributed by atoms with Crippen LogP contribution in [0.15, 0.2) is 0 Å². The molecule has 0 spiro atoms. The van der Waals surface area contributed by atoms with Crippen LogP contribution in [-0.2, 0) is 30.7 Å². The number of nitrogens with zero attached hydrogens (tertiary/aromatic N) is 2. The van der Waals surface area contributed by atoms with Crippen LogP contribution in [0, 0.1) is 13.8 Å². The minimum absolute atomic E-state index is 0.256. The van der Waals surface area contributed by atoms with E-state index in [9.17, 15) is 4.79 Å². The minimum atomic E-state index is -0.256. The van der Waals surface area contributed by atoms with Crippen LogP contribution < -0.4 is 10.6 Å². The number of thiophene rings is 1. The highest BCUT2D eigenvalue weighted by atomic mass is 32.1. The number of carbonyl (C=O) groups is 1. The SMILES string of the molecule is CCOC(=O)c1c(NC(=S)NCc2c(C)nn(CC)c2C)sc2c1CCCCC2. The second kappa shape index (κ2) is 9.71. The lowest BCUT2D eigenvalue weighted by molar-refractivity contribution is 0.0527. The summed E-state index contributed by atoms with van der Waals surface area (Å²) in [5.74, 6) is -0.256. The van der Waals surface area contributed by atoms with E-state index in [-0.39, 0.29) is 5.97 Å². The molecule has 0 bridgehead atoms. The summed E-state index contributed by atoms with van der Waals surface area (Å²) < 4.78 is 7.34. The molecular formula is C21H30N4O2S2. The number of hydrogen-bond donors (Lipinski definition) is 2. The van der Waals surface area contributed by atoms with Crippen molar-refractivity contribution in [2.45, 2.75) is 72.9 Å². The number of anilines is 1. The van der Waals surface area contributed by atoms with E-state index in [1.165, 1.54) is 11.3 Å². The zero-order valence-electron chi connectivity index (χ0n) is 17.7. The molecule has 0 saturated heterocycles. The van der Waals surface area contributed by atoms with Crippen molar-refractivity contribution in [2.75, 3.05) is 11.9 Å². The van der Waals surface area contributed by atoms with E-state index in [1.807, 2.05) is 18.5 Å². The molecule has 3 rings (SSSR count). The number of hydrogen-bond acceptors (Lipinski definition) is 5. The summed E-state index contributed by atoms with van der Waals surface area (Å²) in [4.78, 5) is 14.0. The van der Waals surface area contributed by atoms with Crippen molar-refractivity contribution in [3.05, 3.63) is 33.0 Å². The molecule has 0 amide bonds. The van der Waals surface area contributed by atoms with E-state index in [0.29, 0.717) is 23.8 Å². The van der Waals surface area contributed by atoms with Gasteiger partial charge >= 0.3 is 5.97 Å². The van der Waals surface area contributed by atoms with Crippen LogP contribution in [0.3, 0.4) is 0 Å². The van der Waals surface area contributed by atoms with E-state index < -0.39 is 0 Å². The first-order valence-corrected chi connectivity index (χ1v) is 11.6. The summed E-state index contributed by atoms with van der Waals surface area (Å²) >= 11 is 7.18. The van der Waals surface area contributed by atoms with Crippen molar-refractivity contribution in [2.24, 2.45) is 0 Å². The zero-order chi connectivity index (χ0) is 21.0. The number of aromatic nitrogens is 2. The number of aryl methyl sites for hydroxylation is 3. The number of ether oxygens (including phenoxy) is 1. The van der Waals surface area contributed by atoms with Gasteiger partial charge in [0.15, 0.2) is 5.11 Å². The van der Waals surface area contributed by atoms with Crippen molar-refractivity contribution in [3.8, 4) is 0 Å². The largest absolute Gasteiger partial charge is 0.462 e. The number of rotatable bonds is 6. The van der Waals surface area contributed by atoms with Gasteiger partial charge in [0.25, 0.3) is 0 Å². The molecule has 0 atom stereocenters. The van der Waals surface area contributed by atoms with Gasteiger partial charge in [-0.3, -0.25) is 4.68 Å². The first kappa shape index (κ1) is 21.8. The molecule has 0 aliphatic heterocycles. The third-order valence-electron chi connectivity index (χ3n) is 5.38. The molecule has 2 aromatic heterocycles. The lowest BCUT2D eigenvalue weighted by atomic mass is 10.1. The average Bonchev–Trinajstić information content (AvgIpc) is 3.05. The standard InChI is InChI=1S/C21H30N4O2S2/c1-5-25-14(4)16(13(3)24-25)12-22-21(28)23-19-18(20(26)27-6-2)15-10-8-7-9-11-17(15)29-19/h5-12H2,1-4H3,(H2,22,23,28). The highest BCUT2D eigenvalue weighted by molar-refractivity contribution is 7.80. The van der Waals surface area contributed by atoms with Crippen molar-refractivity contribution in [1.82, 2.24) is 15.1 Å². The van der Waals surface area contributed by atoms with Gasteiger partial charge in [-0.05, 0) is 71.2 Å². The van der Waals surface area contributed by atoms with Crippen molar-refractivity contribution >= 4 is 39.6 Å². The maximum Gasteiger partial charge on any atom is 0.341 e. The molecule has 29 heavy (non-hydrogen) atoms. The molecule has 0 fully saturated rings. The van der Waals surface area contributed by atoms with Crippen LogP contribution in [-0.4, -0.2) is 27.5 Å². The minimum Gasteiger partial charge on any atom is -0.462 e. The molecule has 0 aromatic carbocycles. The number of fused-ring (bicyclic) bond motifs is 1. The van der Waals surface area contributed by atoms with Gasteiger partial charge < -0.3 is 15.4 Å². The van der Waals surface area contributed by atoms with Crippen LogP contribution >= 0.6 is 23.6 Å². The fraction of sp³-hybridized carbons (Fsp3) is 0.571. The van der Waals surface area contributed by atoms with Crippen molar-refractivity contribution in [1.29, 1.82) is 0 Å². The second-order valence-corrected chi connectivity index (χ2v) is 8.78. The summed E-state index contributed by atoms with van der Waals surface area (Å²) in [7, 11) is 0. The Kier molecular flexibility index (Phi) is 7.29. The van der Waals surface area contributed by atoms with Crippen LogP contribution in [0.1, 0.15) is 70.9 Å². The van der Waals surface area contributed by atoms with E-state index in [1.54, 1.807) is 11.3 Å². The lowest BCUT2D eigenvalue weighted by Gasteiger charge is -2.12. The van der Waals surface area contributed by atoms with Gasteiger partial charge in [-0.25, -0.2) is 4.79 Å². The van der Waals surface area contributed by atoms with Crippen LogP contribution in [0.5, 0.6) is 0 Å². The maximum absolute atomic E-state index is 12.7. The van der Waals surface area contributed by atoms with Crippen LogP contribution in [0.2, 0.25) is 0 Å². The van der Waals surface area contributed by atoms with Gasteiger partial charge in [-0.2, -0.15) is 5.10 Å². The predicted octanol–water partition coefficient (Wildman–Crippen LogP) is 4.51. The van der Waals surface area contributed by atoms with E-state index in [4.69, 9.17) is 17.0 Å². The average molecular weight is 435 g/mol.